The summed E-state index contributed by atoms with van der Waals surface area (Å²) in [6, 6.07) is 29.5. The van der Waals surface area contributed by atoms with Gasteiger partial charge in [0.2, 0.25) is 5.91 Å². The van der Waals surface area contributed by atoms with Crippen molar-refractivity contribution < 1.29 is 38.1 Å². The highest BCUT2D eigenvalue weighted by molar-refractivity contribution is 7.99. The van der Waals surface area contributed by atoms with E-state index in [1.54, 1.807) is 43.0 Å². The Kier molecular flexibility index (Phi) is 13.4. The van der Waals surface area contributed by atoms with Crippen LogP contribution < -0.4 is 28.9 Å². The molecule has 0 unspecified atom stereocenters. The minimum absolute atomic E-state index is 0.0318. The number of fused-ring (bicyclic) bond motifs is 8. The highest BCUT2D eigenvalue weighted by Gasteiger charge is 2.38. The van der Waals surface area contributed by atoms with E-state index in [-0.39, 0.29) is 60.8 Å². The fourth-order valence-electron chi connectivity index (χ4n) is 9.54. The van der Waals surface area contributed by atoms with Gasteiger partial charge in [-0.3, -0.25) is 24.3 Å². The standard InChI is InChI=1S/C54H58N4O8S/c1-34-21-43-37(15-16-40-25-38-11-7-9-13-46(38)57(40)52(43)60)27-48(34)65-31-35-22-36(24-41(23-35)56(51(59)17-19-62-4)18-20-64-33-54(2,3)67-6)32-66-50-29-45-44(28-49(50)63-5)53(61)58-42(30-55-45)26-39-12-8-10-14-47(39)58/h7-14,21-24,27-30,40,42H,15-20,25-26,31-33H2,1-6H3/t40-,42+/m1/s1. The zero-order valence-electron chi connectivity index (χ0n) is 39.1. The Hall–Kier alpha value is -6.15. The molecule has 0 bridgehead atoms. The third-order valence-corrected chi connectivity index (χ3v) is 14.4. The van der Waals surface area contributed by atoms with Crippen LogP contribution in [0.25, 0.3) is 0 Å². The minimum atomic E-state index is -0.194. The lowest BCUT2D eigenvalue weighted by atomic mass is 9.98. The number of carbonyl (C=O) groups excluding carboxylic acids is 3. The van der Waals surface area contributed by atoms with Crippen molar-refractivity contribution in [2.75, 3.05) is 61.5 Å². The molecule has 0 saturated carbocycles. The maximum Gasteiger partial charge on any atom is 0.261 e. The fourth-order valence-corrected chi connectivity index (χ4v) is 9.74. The molecule has 0 saturated heterocycles. The molecular formula is C54H58N4O8S. The van der Waals surface area contributed by atoms with Gasteiger partial charge in [0.15, 0.2) is 11.5 Å². The summed E-state index contributed by atoms with van der Waals surface area (Å²) in [4.78, 5) is 52.5. The molecule has 0 spiro atoms. The van der Waals surface area contributed by atoms with Gasteiger partial charge in [-0.2, -0.15) is 11.8 Å². The molecule has 4 aliphatic heterocycles. The van der Waals surface area contributed by atoms with Crippen molar-refractivity contribution in [2.45, 2.75) is 82.9 Å². The number of hydrogen-bond donors (Lipinski definition) is 0. The number of para-hydroxylation sites is 2. The molecule has 0 N–H and O–H groups in total. The molecule has 4 heterocycles. The molecule has 0 aromatic heterocycles. The molecule has 5 aromatic carbocycles. The molecular weight excluding hydrogens is 865 g/mol. The van der Waals surface area contributed by atoms with Crippen molar-refractivity contribution in [3.63, 3.8) is 0 Å². The number of aryl methyl sites for hydroxylation is 2. The van der Waals surface area contributed by atoms with E-state index < -0.39 is 0 Å². The molecule has 9 rings (SSSR count). The number of amides is 3. The van der Waals surface area contributed by atoms with Gasteiger partial charge in [-0.15, -0.1) is 0 Å². The lowest BCUT2D eigenvalue weighted by molar-refractivity contribution is -0.119. The smallest absolute Gasteiger partial charge is 0.261 e. The SMILES string of the molecule is COCCC(=O)N(CCOCC(C)(C)SC)c1cc(COc2cc3c(cc2C)C(=O)N2c4ccccc4C[C@H]2CC3)cc(COc2cc3c(cc2OC)C(=O)N2c4ccccc4C[C@H]2C=N3)c1. The number of benzene rings is 5. The van der Waals surface area contributed by atoms with Crippen molar-refractivity contribution >= 4 is 58.4 Å². The van der Waals surface area contributed by atoms with E-state index in [2.05, 4.69) is 26.2 Å². The van der Waals surface area contributed by atoms with Crippen LogP contribution in [-0.4, -0.2) is 87.6 Å². The first-order valence-electron chi connectivity index (χ1n) is 23.0. The van der Waals surface area contributed by atoms with Crippen LogP contribution in [-0.2, 0) is 46.7 Å². The largest absolute Gasteiger partial charge is 0.493 e. The summed E-state index contributed by atoms with van der Waals surface area (Å²) >= 11 is 1.73. The van der Waals surface area contributed by atoms with Crippen LogP contribution >= 0.6 is 11.8 Å². The van der Waals surface area contributed by atoms with Crippen LogP contribution in [0.15, 0.2) is 96.0 Å². The molecule has 5 aromatic rings. The molecule has 4 aliphatic rings. The van der Waals surface area contributed by atoms with Crippen molar-refractivity contribution in [2.24, 2.45) is 4.99 Å². The Bertz CT molecular complexity index is 2740. The summed E-state index contributed by atoms with van der Waals surface area (Å²) in [5.74, 6) is 1.30. The van der Waals surface area contributed by atoms with Gasteiger partial charge in [0, 0.05) is 65.8 Å². The van der Waals surface area contributed by atoms with Gasteiger partial charge in [-0.25, -0.2) is 0 Å². The van der Waals surface area contributed by atoms with Crippen LogP contribution in [0.5, 0.6) is 17.2 Å². The number of thioether (sulfide) groups is 1. The predicted octanol–water partition coefficient (Wildman–Crippen LogP) is 9.49. The third kappa shape index (κ3) is 9.55. The molecule has 3 amide bonds. The number of methoxy groups -OCH3 is 2. The van der Waals surface area contributed by atoms with Gasteiger partial charge in [0.05, 0.1) is 50.6 Å². The number of carbonyl (C=O) groups is 3. The van der Waals surface area contributed by atoms with Gasteiger partial charge >= 0.3 is 0 Å². The first-order chi connectivity index (χ1) is 32.4. The molecule has 348 valence electrons. The Balaban J connectivity index is 1.00. The summed E-state index contributed by atoms with van der Waals surface area (Å²) in [7, 11) is 3.14. The second-order valence-corrected chi connectivity index (χ2v) is 19.8. The average Bonchev–Trinajstić information content (AvgIpc) is 3.83. The Morgan fingerprint density at radius 1 is 0.791 bits per heavy atom. The molecule has 13 heteroatoms. The van der Waals surface area contributed by atoms with Crippen molar-refractivity contribution in [1.82, 2.24) is 0 Å². The van der Waals surface area contributed by atoms with Crippen LogP contribution in [0.1, 0.15) is 80.8 Å². The summed E-state index contributed by atoms with van der Waals surface area (Å²) in [6.07, 6.45) is 7.25. The van der Waals surface area contributed by atoms with E-state index in [1.807, 2.05) is 95.7 Å². The maximum absolute atomic E-state index is 14.1. The van der Waals surface area contributed by atoms with Crippen LogP contribution in [0.4, 0.5) is 22.7 Å². The van der Waals surface area contributed by atoms with E-state index in [9.17, 15) is 14.4 Å². The van der Waals surface area contributed by atoms with Gasteiger partial charge in [-0.05, 0) is 128 Å². The number of nitrogens with zero attached hydrogens (tertiary/aromatic N) is 4. The second kappa shape index (κ2) is 19.6. The Morgan fingerprint density at radius 2 is 1.48 bits per heavy atom. The summed E-state index contributed by atoms with van der Waals surface area (Å²) in [5, 5.41) is 0. The summed E-state index contributed by atoms with van der Waals surface area (Å²) in [5.41, 5.74) is 9.97. The summed E-state index contributed by atoms with van der Waals surface area (Å²) in [6.45, 7) is 7.99. The van der Waals surface area contributed by atoms with E-state index in [1.165, 1.54) is 5.56 Å². The quantitative estimate of drug-likeness (QED) is 0.0841. The third-order valence-electron chi connectivity index (χ3n) is 13.2. The van der Waals surface area contributed by atoms with Gasteiger partial charge in [0.1, 0.15) is 19.0 Å². The molecule has 67 heavy (non-hydrogen) atoms. The van der Waals surface area contributed by atoms with Gasteiger partial charge in [-0.1, -0.05) is 36.4 Å². The Morgan fingerprint density at radius 3 is 2.19 bits per heavy atom. The highest BCUT2D eigenvalue weighted by Crippen LogP contribution is 2.42. The number of anilines is 3. The van der Waals surface area contributed by atoms with Crippen LogP contribution in [0.3, 0.4) is 0 Å². The lowest BCUT2D eigenvalue weighted by Crippen LogP contribution is -2.37. The first kappa shape index (κ1) is 46.0. The van der Waals surface area contributed by atoms with E-state index in [4.69, 9.17) is 28.7 Å². The highest BCUT2D eigenvalue weighted by atomic mass is 32.2. The number of hydrogen-bond acceptors (Lipinski definition) is 10. The normalized spacial score (nSPS) is 16.9. The number of aliphatic imine (C=N–C) groups is 1. The van der Waals surface area contributed by atoms with Gasteiger partial charge < -0.3 is 33.5 Å². The number of ether oxygens (including phenoxy) is 5. The van der Waals surface area contributed by atoms with E-state index >= 15 is 0 Å². The van der Waals surface area contributed by atoms with Crippen molar-refractivity contribution in [3.8, 4) is 17.2 Å². The first-order valence-corrected chi connectivity index (χ1v) is 24.2. The molecule has 12 nitrogen and oxygen atoms in total. The summed E-state index contributed by atoms with van der Waals surface area (Å²) < 4.78 is 30.4. The van der Waals surface area contributed by atoms with Crippen molar-refractivity contribution in [1.29, 1.82) is 0 Å². The van der Waals surface area contributed by atoms with E-state index in [0.29, 0.717) is 65.9 Å². The predicted molar refractivity (Wildman–Crippen MR) is 264 cm³/mol. The fraction of sp³-hybridized carbons (Fsp3) is 0.370. The van der Waals surface area contributed by atoms with E-state index in [0.717, 1.165) is 58.5 Å². The van der Waals surface area contributed by atoms with Crippen molar-refractivity contribution in [3.05, 3.63) is 136 Å². The topological polar surface area (TPSA) is 119 Å². The molecule has 2 atom stereocenters. The zero-order valence-corrected chi connectivity index (χ0v) is 40.0. The number of rotatable bonds is 17. The van der Waals surface area contributed by atoms with Crippen LogP contribution in [0, 0.1) is 6.92 Å². The average molecular weight is 923 g/mol. The zero-order chi connectivity index (χ0) is 46.8. The maximum atomic E-state index is 14.1. The molecule has 0 radical (unpaired) electrons. The Labute approximate surface area is 397 Å². The minimum Gasteiger partial charge on any atom is -0.493 e. The lowest BCUT2D eigenvalue weighted by Gasteiger charge is -2.26. The molecule has 0 aliphatic carbocycles. The molecule has 0 fully saturated rings. The monoisotopic (exact) mass is 922 g/mol. The second-order valence-electron chi connectivity index (χ2n) is 18.2. The van der Waals surface area contributed by atoms with Gasteiger partial charge in [0.25, 0.3) is 11.8 Å². The van der Waals surface area contributed by atoms with Crippen LogP contribution in [0.2, 0.25) is 0 Å².